The third-order valence-electron chi connectivity index (χ3n) is 4.49. The molecule has 0 unspecified atom stereocenters. The maximum Gasteiger partial charge on any atom is 0.415 e. The number of amides is 3. The molecular formula is C18H15FN4O3. The molecule has 1 atom stereocenters. The van der Waals surface area contributed by atoms with Gasteiger partial charge in [-0.25, -0.2) is 23.6 Å². The zero-order valence-electron chi connectivity index (χ0n) is 13.8. The van der Waals surface area contributed by atoms with Crippen molar-refractivity contribution in [1.82, 2.24) is 14.7 Å². The summed E-state index contributed by atoms with van der Waals surface area (Å²) in [7, 11) is 0. The summed E-state index contributed by atoms with van der Waals surface area (Å²) in [6, 6.07) is 10.5. The highest BCUT2D eigenvalue weighted by atomic mass is 19.1. The summed E-state index contributed by atoms with van der Waals surface area (Å²) >= 11 is 0. The van der Waals surface area contributed by atoms with Crippen LogP contribution >= 0.6 is 0 Å². The number of carbonyl (C=O) groups is 2. The minimum absolute atomic E-state index is 0.245. The molecule has 3 amide bonds. The summed E-state index contributed by atoms with van der Waals surface area (Å²) in [5, 5.41) is 14.1. The Balaban J connectivity index is 1.83. The van der Waals surface area contributed by atoms with Crippen LogP contribution in [0.25, 0.3) is 16.6 Å². The number of hydrogen-bond donors (Lipinski definition) is 1. The summed E-state index contributed by atoms with van der Waals surface area (Å²) in [6.45, 7) is 1.92. The van der Waals surface area contributed by atoms with E-state index in [1.165, 1.54) is 15.6 Å². The number of carbonyl (C=O) groups excluding carboxylic acids is 1. The molecule has 1 saturated heterocycles. The summed E-state index contributed by atoms with van der Waals surface area (Å²) in [5.74, 6) is -0.411. The van der Waals surface area contributed by atoms with Crippen LogP contribution in [-0.4, -0.2) is 44.5 Å². The highest BCUT2D eigenvalue weighted by molar-refractivity contribution is 6.08. The lowest BCUT2D eigenvalue weighted by atomic mass is 10.2. The Morgan fingerprint density at radius 2 is 1.92 bits per heavy atom. The Bertz CT molecular complexity index is 1030. The van der Waals surface area contributed by atoms with E-state index in [4.69, 9.17) is 0 Å². The number of carboxylic acid groups (broad SMARTS) is 1. The van der Waals surface area contributed by atoms with Gasteiger partial charge in [0.25, 0.3) is 0 Å². The lowest BCUT2D eigenvalue weighted by molar-refractivity contribution is 0.149. The van der Waals surface area contributed by atoms with Crippen molar-refractivity contribution in [2.45, 2.75) is 13.0 Å². The molecule has 0 bridgehead atoms. The van der Waals surface area contributed by atoms with Crippen LogP contribution in [0.4, 0.5) is 19.7 Å². The average Bonchev–Trinajstić information content (AvgIpc) is 3.16. The van der Waals surface area contributed by atoms with Crippen LogP contribution < -0.4 is 4.90 Å². The van der Waals surface area contributed by atoms with E-state index in [1.807, 2.05) is 0 Å². The number of para-hydroxylation sites is 1. The summed E-state index contributed by atoms with van der Waals surface area (Å²) in [4.78, 5) is 26.0. The Hall–Kier alpha value is -3.42. The zero-order chi connectivity index (χ0) is 18.4. The number of imide groups is 1. The predicted molar refractivity (Wildman–Crippen MR) is 93.1 cm³/mol. The Morgan fingerprint density at radius 3 is 2.62 bits per heavy atom. The molecule has 0 spiro atoms. The molecule has 0 radical (unpaired) electrons. The number of hydrogen-bond acceptors (Lipinski definition) is 3. The fourth-order valence-electron chi connectivity index (χ4n) is 3.30. The van der Waals surface area contributed by atoms with E-state index in [0.717, 1.165) is 4.90 Å². The molecule has 3 aromatic rings. The van der Waals surface area contributed by atoms with Crippen LogP contribution in [0.2, 0.25) is 0 Å². The molecule has 1 aliphatic rings. The highest BCUT2D eigenvalue weighted by Crippen LogP contribution is 2.32. The van der Waals surface area contributed by atoms with E-state index < -0.39 is 24.0 Å². The van der Waals surface area contributed by atoms with Crippen molar-refractivity contribution in [1.29, 1.82) is 0 Å². The molecule has 1 aliphatic heterocycles. The molecular weight excluding hydrogens is 339 g/mol. The van der Waals surface area contributed by atoms with Gasteiger partial charge in [0.1, 0.15) is 11.5 Å². The molecule has 8 heteroatoms. The molecule has 1 fully saturated rings. The van der Waals surface area contributed by atoms with Gasteiger partial charge in [-0.3, -0.25) is 4.90 Å². The molecule has 4 rings (SSSR count). The second-order valence-corrected chi connectivity index (χ2v) is 6.11. The maximum atomic E-state index is 14.1. The van der Waals surface area contributed by atoms with Gasteiger partial charge >= 0.3 is 12.1 Å². The summed E-state index contributed by atoms with van der Waals surface area (Å²) < 4.78 is 15.6. The van der Waals surface area contributed by atoms with Gasteiger partial charge in [-0.05, 0) is 31.2 Å². The van der Waals surface area contributed by atoms with E-state index >= 15 is 0 Å². The van der Waals surface area contributed by atoms with Gasteiger partial charge in [0, 0.05) is 11.9 Å². The number of urea groups is 1. The van der Waals surface area contributed by atoms with Gasteiger partial charge in [0.05, 0.1) is 23.4 Å². The zero-order valence-corrected chi connectivity index (χ0v) is 13.8. The molecule has 1 N–H and O–H groups in total. The number of halogens is 1. The minimum Gasteiger partial charge on any atom is -0.465 e. The molecule has 2 heterocycles. The topological polar surface area (TPSA) is 78.7 Å². The number of nitrogens with zero attached hydrogens (tertiary/aromatic N) is 4. The molecule has 26 heavy (non-hydrogen) atoms. The third-order valence-corrected chi connectivity index (χ3v) is 4.49. The number of anilines is 1. The van der Waals surface area contributed by atoms with Crippen molar-refractivity contribution in [2.24, 2.45) is 0 Å². The fraction of sp³-hybridized carbons (Fsp3) is 0.167. The van der Waals surface area contributed by atoms with Crippen molar-refractivity contribution >= 4 is 28.7 Å². The standard InChI is InChI=1S/C18H15FN4O3/c1-11-10-21(17(24)22(11)18(25)26)14-7-4-8-15-12(14)9-20-23(15)16-6-3-2-5-13(16)19/h2-9,11H,10H2,1H3,(H,25,26)/t11-/m1/s1. The summed E-state index contributed by atoms with van der Waals surface area (Å²) in [6.07, 6.45) is 0.276. The van der Waals surface area contributed by atoms with E-state index in [1.54, 1.807) is 49.5 Å². The number of benzene rings is 2. The van der Waals surface area contributed by atoms with Gasteiger partial charge in [-0.2, -0.15) is 5.10 Å². The normalized spacial score (nSPS) is 17.3. The molecule has 0 saturated carbocycles. The fourth-order valence-corrected chi connectivity index (χ4v) is 3.30. The van der Waals surface area contributed by atoms with Crippen LogP contribution in [0, 0.1) is 5.82 Å². The van der Waals surface area contributed by atoms with Crippen LogP contribution in [0.3, 0.4) is 0 Å². The van der Waals surface area contributed by atoms with Crippen molar-refractivity contribution < 1.29 is 19.1 Å². The molecule has 132 valence electrons. The van der Waals surface area contributed by atoms with Crippen LogP contribution in [0.1, 0.15) is 6.92 Å². The van der Waals surface area contributed by atoms with Crippen molar-refractivity contribution in [2.75, 3.05) is 11.4 Å². The van der Waals surface area contributed by atoms with E-state index in [2.05, 4.69) is 5.10 Å². The second kappa shape index (κ2) is 5.83. The number of fused-ring (bicyclic) bond motifs is 1. The van der Waals surface area contributed by atoms with Crippen LogP contribution in [-0.2, 0) is 0 Å². The average molecular weight is 354 g/mol. The Labute approximate surface area is 147 Å². The largest absolute Gasteiger partial charge is 0.465 e. The first-order valence-corrected chi connectivity index (χ1v) is 8.04. The first-order valence-electron chi connectivity index (χ1n) is 8.04. The van der Waals surface area contributed by atoms with Gasteiger partial charge < -0.3 is 5.11 Å². The highest BCUT2D eigenvalue weighted by Gasteiger charge is 2.40. The van der Waals surface area contributed by atoms with Gasteiger partial charge in [0.2, 0.25) is 0 Å². The maximum absolute atomic E-state index is 14.1. The molecule has 2 aromatic carbocycles. The Kier molecular flexibility index (Phi) is 3.61. The lowest BCUT2D eigenvalue weighted by Gasteiger charge is -2.17. The predicted octanol–water partition coefficient (Wildman–Crippen LogP) is 3.47. The van der Waals surface area contributed by atoms with Gasteiger partial charge in [0.15, 0.2) is 0 Å². The monoisotopic (exact) mass is 354 g/mol. The van der Waals surface area contributed by atoms with E-state index in [9.17, 15) is 19.1 Å². The van der Waals surface area contributed by atoms with Crippen molar-refractivity contribution in [3.8, 4) is 5.69 Å². The van der Waals surface area contributed by atoms with Crippen LogP contribution in [0.15, 0.2) is 48.7 Å². The van der Waals surface area contributed by atoms with Gasteiger partial charge in [-0.15, -0.1) is 0 Å². The van der Waals surface area contributed by atoms with Crippen molar-refractivity contribution in [3.05, 3.63) is 54.5 Å². The second-order valence-electron chi connectivity index (χ2n) is 6.11. The minimum atomic E-state index is -1.28. The number of rotatable bonds is 2. The molecule has 1 aromatic heterocycles. The van der Waals surface area contributed by atoms with Crippen molar-refractivity contribution in [3.63, 3.8) is 0 Å². The molecule has 7 nitrogen and oxygen atoms in total. The number of aromatic nitrogens is 2. The van der Waals surface area contributed by atoms with E-state index in [-0.39, 0.29) is 6.54 Å². The smallest absolute Gasteiger partial charge is 0.415 e. The first kappa shape index (κ1) is 16.1. The first-order chi connectivity index (χ1) is 12.5. The summed E-state index contributed by atoms with van der Waals surface area (Å²) in [5.41, 5.74) is 1.47. The lowest BCUT2D eigenvalue weighted by Crippen LogP contribution is -2.38. The van der Waals surface area contributed by atoms with Gasteiger partial charge in [-0.1, -0.05) is 18.2 Å². The van der Waals surface area contributed by atoms with E-state index in [0.29, 0.717) is 22.3 Å². The Morgan fingerprint density at radius 1 is 1.19 bits per heavy atom. The van der Waals surface area contributed by atoms with Crippen LogP contribution in [0.5, 0.6) is 0 Å². The SMILES string of the molecule is C[C@@H]1CN(c2cccc3c2cnn3-c2ccccc2F)C(=O)N1C(=O)O. The quantitative estimate of drug-likeness (QED) is 0.764. The molecule has 0 aliphatic carbocycles. The third kappa shape index (κ3) is 2.30.